The van der Waals surface area contributed by atoms with Crippen molar-refractivity contribution in [3.63, 3.8) is 0 Å². The van der Waals surface area contributed by atoms with Gasteiger partial charge in [-0.25, -0.2) is 0 Å². The van der Waals surface area contributed by atoms with E-state index in [4.69, 9.17) is 0 Å². The van der Waals surface area contributed by atoms with Crippen molar-refractivity contribution in [3.8, 4) is 0 Å². The van der Waals surface area contributed by atoms with E-state index in [1.165, 1.54) is 40.8 Å². The van der Waals surface area contributed by atoms with Crippen LogP contribution in [-0.2, 0) is 12.8 Å². The average Bonchev–Trinajstić information content (AvgIpc) is 2.42. The van der Waals surface area contributed by atoms with Gasteiger partial charge in [0.25, 0.3) is 0 Å². The van der Waals surface area contributed by atoms with Crippen LogP contribution in [0.2, 0.25) is 0 Å². The predicted octanol–water partition coefficient (Wildman–Crippen LogP) is 3.94. The molecule has 18 heavy (non-hydrogen) atoms. The molecule has 0 atom stereocenters. The Labute approximate surface area is 109 Å². The zero-order chi connectivity index (χ0) is 12.4. The van der Waals surface area contributed by atoms with Crippen LogP contribution in [0.5, 0.6) is 0 Å². The summed E-state index contributed by atoms with van der Waals surface area (Å²) in [6.07, 6.45) is 3.49. The maximum absolute atomic E-state index is 3.57. The topological polar surface area (TPSA) is 12.0 Å². The summed E-state index contributed by atoms with van der Waals surface area (Å²) >= 11 is 0. The third-order valence-corrected chi connectivity index (χ3v) is 3.80. The number of benzene rings is 2. The molecule has 1 N–H and O–H groups in total. The molecule has 0 bridgehead atoms. The van der Waals surface area contributed by atoms with Crippen molar-refractivity contribution in [1.82, 2.24) is 0 Å². The van der Waals surface area contributed by atoms with E-state index < -0.39 is 0 Å². The van der Waals surface area contributed by atoms with Crippen molar-refractivity contribution in [2.24, 2.45) is 0 Å². The Bertz CT molecular complexity index is 557. The van der Waals surface area contributed by atoms with Gasteiger partial charge in [0.1, 0.15) is 0 Å². The molecule has 92 valence electrons. The fourth-order valence-electron chi connectivity index (χ4n) is 2.74. The van der Waals surface area contributed by atoms with E-state index in [1.54, 1.807) is 0 Å². The number of anilines is 1. The molecule has 3 rings (SSSR count). The first kappa shape index (κ1) is 11.3. The van der Waals surface area contributed by atoms with Crippen molar-refractivity contribution in [1.29, 1.82) is 0 Å². The Hall–Kier alpha value is -1.76. The van der Waals surface area contributed by atoms with Crippen LogP contribution in [-0.4, -0.2) is 6.54 Å². The van der Waals surface area contributed by atoms with E-state index >= 15 is 0 Å². The first-order valence-corrected chi connectivity index (χ1v) is 6.74. The molecular weight excluding hydrogens is 218 g/mol. The van der Waals surface area contributed by atoms with E-state index in [-0.39, 0.29) is 0 Å². The predicted molar refractivity (Wildman–Crippen MR) is 77.2 cm³/mol. The summed E-state index contributed by atoms with van der Waals surface area (Å²) in [5.74, 6) is 0. The molecule has 0 fully saturated rings. The van der Waals surface area contributed by atoms with Gasteiger partial charge in [-0.1, -0.05) is 42.5 Å². The molecule has 2 aromatic carbocycles. The van der Waals surface area contributed by atoms with Gasteiger partial charge in [0.05, 0.1) is 0 Å². The zero-order valence-electron chi connectivity index (χ0n) is 10.9. The van der Waals surface area contributed by atoms with Crippen molar-refractivity contribution in [2.45, 2.75) is 26.2 Å². The lowest BCUT2D eigenvalue weighted by atomic mass is 9.94. The molecule has 1 heterocycles. The van der Waals surface area contributed by atoms with Gasteiger partial charge < -0.3 is 5.32 Å². The van der Waals surface area contributed by atoms with Crippen molar-refractivity contribution >= 4 is 5.69 Å². The lowest BCUT2D eigenvalue weighted by Crippen LogP contribution is -2.13. The molecule has 0 radical (unpaired) electrons. The Morgan fingerprint density at radius 3 is 2.72 bits per heavy atom. The second-order valence-electron chi connectivity index (χ2n) is 5.08. The van der Waals surface area contributed by atoms with Crippen molar-refractivity contribution < 1.29 is 0 Å². The van der Waals surface area contributed by atoms with E-state index in [1.807, 2.05) is 0 Å². The maximum atomic E-state index is 3.57. The van der Waals surface area contributed by atoms with Gasteiger partial charge in [-0.15, -0.1) is 0 Å². The van der Waals surface area contributed by atoms with E-state index in [0.29, 0.717) is 0 Å². The summed E-state index contributed by atoms with van der Waals surface area (Å²) in [6.45, 7) is 3.30. The number of hydrogen-bond acceptors (Lipinski definition) is 1. The smallest absolute Gasteiger partial charge is 0.0408 e. The second-order valence-corrected chi connectivity index (χ2v) is 5.08. The summed E-state index contributed by atoms with van der Waals surface area (Å²) in [5.41, 5.74) is 7.10. The molecule has 0 spiro atoms. The Kier molecular flexibility index (Phi) is 3.06. The van der Waals surface area contributed by atoms with Crippen LogP contribution < -0.4 is 5.32 Å². The van der Waals surface area contributed by atoms with Crippen molar-refractivity contribution in [2.75, 3.05) is 11.9 Å². The van der Waals surface area contributed by atoms with E-state index in [2.05, 4.69) is 54.7 Å². The van der Waals surface area contributed by atoms with Gasteiger partial charge in [-0.05, 0) is 48.4 Å². The lowest BCUT2D eigenvalue weighted by Gasteiger charge is -2.21. The highest BCUT2D eigenvalue weighted by Gasteiger charge is 2.12. The monoisotopic (exact) mass is 237 g/mol. The number of nitrogens with one attached hydrogen (secondary N) is 1. The van der Waals surface area contributed by atoms with Gasteiger partial charge in [0.15, 0.2) is 0 Å². The third kappa shape index (κ3) is 2.13. The normalized spacial score (nSPS) is 13.8. The summed E-state index contributed by atoms with van der Waals surface area (Å²) in [5, 5.41) is 3.57. The van der Waals surface area contributed by atoms with E-state index in [0.717, 1.165) is 13.0 Å². The molecule has 1 aliphatic rings. The molecule has 0 aliphatic carbocycles. The van der Waals surface area contributed by atoms with Crippen molar-refractivity contribution in [3.05, 3.63) is 64.7 Å². The highest BCUT2D eigenvalue weighted by molar-refractivity contribution is 5.60. The Morgan fingerprint density at radius 1 is 1.00 bits per heavy atom. The highest BCUT2D eigenvalue weighted by atomic mass is 14.9. The summed E-state index contributed by atoms with van der Waals surface area (Å²) in [6, 6.07) is 15.4. The Balaban J connectivity index is 1.96. The van der Waals surface area contributed by atoms with Crippen LogP contribution in [0.15, 0.2) is 42.5 Å². The van der Waals surface area contributed by atoms with Crippen LogP contribution >= 0.6 is 0 Å². The SMILES string of the molecule is Cc1ccccc1Cc1cccc2c1NCCC2. The minimum atomic E-state index is 1.03. The van der Waals surface area contributed by atoms with Gasteiger partial charge >= 0.3 is 0 Å². The van der Waals surface area contributed by atoms with Crippen LogP contribution in [0.1, 0.15) is 28.7 Å². The molecule has 0 saturated carbocycles. The summed E-state index contributed by atoms with van der Waals surface area (Å²) in [4.78, 5) is 0. The second kappa shape index (κ2) is 4.85. The summed E-state index contributed by atoms with van der Waals surface area (Å²) < 4.78 is 0. The largest absolute Gasteiger partial charge is 0.385 e. The first-order chi connectivity index (χ1) is 8.84. The van der Waals surface area contributed by atoms with Gasteiger partial charge in [0.2, 0.25) is 0 Å². The number of hydrogen-bond donors (Lipinski definition) is 1. The third-order valence-electron chi connectivity index (χ3n) is 3.80. The highest BCUT2D eigenvalue weighted by Crippen LogP contribution is 2.28. The molecule has 1 aliphatic heterocycles. The van der Waals surface area contributed by atoms with Crippen LogP contribution in [0, 0.1) is 6.92 Å². The average molecular weight is 237 g/mol. The fourth-order valence-corrected chi connectivity index (χ4v) is 2.74. The fraction of sp³-hybridized carbons (Fsp3) is 0.294. The minimum Gasteiger partial charge on any atom is -0.385 e. The molecule has 0 unspecified atom stereocenters. The quantitative estimate of drug-likeness (QED) is 0.834. The Morgan fingerprint density at radius 2 is 1.83 bits per heavy atom. The zero-order valence-corrected chi connectivity index (χ0v) is 10.9. The van der Waals surface area contributed by atoms with Gasteiger partial charge in [-0.2, -0.15) is 0 Å². The minimum absolute atomic E-state index is 1.03. The summed E-state index contributed by atoms with van der Waals surface area (Å²) in [7, 11) is 0. The van der Waals surface area contributed by atoms with Gasteiger partial charge in [-0.3, -0.25) is 0 Å². The molecular formula is C17H19N. The maximum Gasteiger partial charge on any atom is 0.0408 e. The molecule has 1 nitrogen and oxygen atoms in total. The molecule has 0 aromatic heterocycles. The number of rotatable bonds is 2. The molecule has 0 saturated heterocycles. The molecule has 0 amide bonds. The van der Waals surface area contributed by atoms with Crippen LogP contribution in [0.25, 0.3) is 0 Å². The number of aryl methyl sites for hydroxylation is 2. The molecule has 2 aromatic rings. The van der Waals surface area contributed by atoms with Crippen LogP contribution in [0.3, 0.4) is 0 Å². The number of fused-ring (bicyclic) bond motifs is 1. The van der Waals surface area contributed by atoms with E-state index in [9.17, 15) is 0 Å². The first-order valence-electron chi connectivity index (χ1n) is 6.74. The van der Waals surface area contributed by atoms with Crippen LogP contribution in [0.4, 0.5) is 5.69 Å². The molecule has 1 heteroatoms. The number of para-hydroxylation sites is 1. The lowest BCUT2D eigenvalue weighted by molar-refractivity contribution is 0.825. The standard InChI is InChI=1S/C17H19N/c1-13-6-2-3-7-15(13)12-16-9-4-8-14-10-5-11-18-17(14)16/h2-4,6-9,18H,5,10-12H2,1H3. The van der Waals surface area contributed by atoms with Gasteiger partial charge in [0, 0.05) is 12.2 Å².